The number of sulfonamides is 1. The third-order valence-corrected chi connectivity index (χ3v) is 6.03. The van der Waals surface area contributed by atoms with Crippen LogP contribution in [0.1, 0.15) is 35.8 Å². The molecule has 0 saturated heterocycles. The SMILES string of the molecule is CC(=O)Nc1cccc(C(C)NC(=O)c2ccc(NS(=O)(=O)c3ccc(F)c(F)c3)cc2)c1. The molecule has 3 N–H and O–H groups in total. The number of rotatable bonds is 7. The van der Waals surface area contributed by atoms with Crippen LogP contribution in [0.2, 0.25) is 0 Å². The lowest BCUT2D eigenvalue weighted by atomic mass is 10.1. The number of hydrogen-bond acceptors (Lipinski definition) is 4. The van der Waals surface area contributed by atoms with Gasteiger partial charge in [0.25, 0.3) is 15.9 Å². The highest BCUT2D eigenvalue weighted by atomic mass is 32.2. The van der Waals surface area contributed by atoms with Crippen molar-refractivity contribution in [3.8, 4) is 0 Å². The van der Waals surface area contributed by atoms with E-state index < -0.39 is 26.6 Å². The molecule has 0 radical (unpaired) electrons. The van der Waals surface area contributed by atoms with Gasteiger partial charge in [0.2, 0.25) is 5.91 Å². The smallest absolute Gasteiger partial charge is 0.261 e. The fraction of sp³-hybridized carbons (Fsp3) is 0.130. The van der Waals surface area contributed by atoms with Gasteiger partial charge in [0.15, 0.2) is 11.6 Å². The first-order valence-electron chi connectivity index (χ1n) is 9.81. The molecule has 0 fully saturated rings. The van der Waals surface area contributed by atoms with Crippen LogP contribution < -0.4 is 15.4 Å². The number of anilines is 2. The summed E-state index contributed by atoms with van der Waals surface area (Å²) >= 11 is 0. The molecule has 0 bridgehead atoms. The second-order valence-electron chi connectivity index (χ2n) is 7.26. The molecule has 0 spiro atoms. The van der Waals surface area contributed by atoms with E-state index in [1.807, 2.05) is 6.07 Å². The molecule has 0 aliphatic heterocycles. The van der Waals surface area contributed by atoms with Crippen molar-refractivity contribution in [2.75, 3.05) is 10.0 Å². The molecule has 1 atom stereocenters. The van der Waals surface area contributed by atoms with Crippen molar-refractivity contribution in [1.29, 1.82) is 0 Å². The van der Waals surface area contributed by atoms with Crippen molar-refractivity contribution in [1.82, 2.24) is 5.32 Å². The van der Waals surface area contributed by atoms with Gasteiger partial charge in [-0.25, -0.2) is 17.2 Å². The zero-order valence-electron chi connectivity index (χ0n) is 17.7. The lowest BCUT2D eigenvalue weighted by Crippen LogP contribution is -2.26. The molecule has 0 heterocycles. The van der Waals surface area contributed by atoms with E-state index in [-0.39, 0.29) is 29.1 Å². The molecule has 0 aromatic heterocycles. The normalized spacial score (nSPS) is 12.0. The molecule has 0 saturated carbocycles. The highest BCUT2D eigenvalue weighted by Crippen LogP contribution is 2.20. The van der Waals surface area contributed by atoms with Gasteiger partial charge < -0.3 is 10.6 Å². The van der Waals surface area contributed by atoms with E-state index >= 15 is 0 Å². The third-order valence-electron chi connectivity index (χ3n) is 4.66. The molecule has 172 valence electrons. The Hall–Kier alpha value is -3.79. The van der Waals surface area contributed by atoms with Gasteiger partial charge >= 0.3 is 0 Å². The summed E-state index contributed by atoms with van der Waals surface area (Å²) in [7, 11) is -4.14. The van der Waals surface area contributed by atoms with Gasteiger partial charge in [-0.05, 0) is 67.1 Å². The Bertz CT molecular complexity index is 1300. The van der Waals surface area contributed by atoms with E-state index in [0.29, 0.717) is 11.8 Å². The van der Waals surface area contributed by atoms with Crippen molar-refractivity contribution in [2.24, 2.45) is 0 Å². The molecule has 1 unspecified atom stereocenters. The average Bonchev–Trinajstić information content (AvgIpc) is 2.75. The van der Waals surface area contributed by atoms with Gasteiger partial charge in [-0.3, -0.25) is 14.3 Å². The van der Waals surface area contributed by atoms with Crippen LogP contribution in [0.4, 0.5) is 20.2 Å². The number of halogens is 2. The Morgan fingerprint density at radius 2 is 1.58 bits per heavy atom. The van der Waals surface area contributed by atoms with Crippen molar-refractivity contribution >= 4 is 33.2 Å². The first-order valence-corrected chi connectivity index (χ1v) is 11.3. The van der Waals surface area contributed by atoms with Crippen LogP contribution in [0, 0.1) is 11.6 Å². The minimum absolute atomic E-state index is 0.146. The molecular weight excluding hydrogens is 452 g/mol. The molecular formula is C23H21F2N3O4S. The first kappa shape index (κ1) is 23.9. The van der Waals surface area contributed by atoms with Crippen LogP contribution in [0.5, 0.6) is 0 Å². The standard InChI is InChI=1S/C23H21F2N3O4S/c1-14(17-4-3-5-19(12-17)27-15(2)29)26-23(30)16-6-8-18(9-7-16)28-33(31,32)20-10-11-21(24)22(25)13-20/h3-14,28H,1-2H3,(H,26,30)(H,27,29). The highest BCUT2D eigenvalue weighted by molar-refractivity contribution is 7.92. The number of nitrogens with one attached hydrogen (secondary N) is 3. The topological polar surface area (TPSA) is 104 Å². The van der Waals surface area contributed by atoms with E-state index in [0.717, 1.165) is 17.7 Å². The summed E-state index contributed by atoms with van der Waals surface area (Å²) < 4.78 is 53.4. The molecule has 0 aliphatic carbocycles. The van der Waals surface area contributed by atoms with Crippen molar-refractivity contribution < 1.29 is 26.8 Å². The summed E-state index contributed by atoms with van der Waals surface area (Å²) in [5.41, 5.74) is 1.83. The lowest BCUT2D eigenvalue weighted by Gasteiger charge is -2.16. The van der Waals surface area contributed by atoms with Crippen LogP contribution >= 0.6 is 0 Å². The summed E-state index contributed by atoms with van der Waals surface area (Å²) in [6.45, 7) is 3.19. The third kappa shape index (κ3) is 6.13. The van der Waals surface area contributed by atoms with Gasteiger partial charge in [-0.15, -0.1) is 0 Å². The van der Waals surface area contributed by atoms with E-state index in [4.69, 9.17) is 0 Å². The van der Waals surface area contributed by atoms with Crippen LogP contribution in [0.3, 0.4) is 0 Å². The van der Waals surface area contributed by atoms with Gasteiger partial charge in [-0.2, -0.15) is 0 Å². The van der Waals surface area contributed by atoms with Crippen LogP contribution in [0.25, 0.3) is 0 Å². The number of carbonyl (C=O) groups excluding carboxylic acids is 2. The maximum atomic E-state index is 13.4. The van der Waals surface area contributed by atoms with Crippen LogP contribution in [-0.2, 0) is 14.8 Å². The Labute approximate surface area is 189 Å². The molecule has 10 heteroatoms. The second-order valence-corrected chi connectivity index (χ2v) is 8.94. The Morgan fingerprint density at radius 1 is 0.879 bits per heavy atom. The summed E-state index contributed by atoms with van der Waals surface area (Å²) in [6, 6.07) is 14.6. The summed E-state index contributed by atoms with van der Waals surface area (Å²) in [5.74, 6) is -3.02. The molecule has 3 aromatic carbocycles. The molecule has 3 aromatic rings. The summed E-state index contributed by atoms with van der Waals surface area (Å²) in [6.07, 6.45) is 0. The zero-order valence-corrected chi connectivity index (χ0v) is 18.5. The Kier molecular flexibility index (Phi) is 7.07. The van der Waals surface area contributed by atoms with Gasteiger partial charge in [0.1, 0.15) is 0 Å². The molecule has 33 heavy (non-hydrogen) atoms. The van der Waals surface area contributed by atoms with Crippen LogP contribution in [0.15, 0.2) is 71.6 Å². The Balaban J connectivity index is 1.67. The fourth-order valence-corrected chi connectivity index (χ4v) is 4.07. The van der Waals surface area contributed by atoms with E-state index in [9.17, 15) is 26.8 Å². The lowest BCUT2D eigenvalue weighted by molar-refractivity contribution is -0.114. The van der Waals surface area contributed by atoms with E-state index in [1.165, 1.54) is 31.2 Å². The van der Waals surface area contributed by atoms with Crippen LogP contribution in [-0.4, -0.2) is 20.2 Å². The predicted molar refractivity (Wildman–Crippen MR) is 120 cm³/mol. The van der Waals surface area contributed by atoms with Gasteiger partial charge in [-0.1, -0.05) is 12.1 Å². The summed E-state index contributed by atoms with van der Waals surface area (Å²) in [4.78, 5) is 23.4. The summed E-state index contributed by atoms with van der Waals surface area (Å²) in [5, 5.41) is 5.51. The Morgan fingerprint density at radius 3 is 2.21 bits per heavy atom. The minimum atomic E-state index is -4.14. The van der Waals surface area contributed by atoms with E-state index in [1.54, 1.807) is 25.1 Å². The van der Waals surface area contributed by atoms with Crippen molar-refractivity contribution in [3.63, 3.8) is 0 Å². The highest BCUT2D eigenvalue weighted by Gasteiger charge is 2.17. The predicted octanol–water partition coefficient (Wildman–Crippen LogP) is 4.22. The quantitative estimate of drug-likeness (QED) is 0.478. The number of amides is 2. The monoisotopic (exact) mass is 473 g/mol. The number of carbonyl (C=O) groups is 2. The van der Waals surface area contributed by atoms with Crippen molar-refractivity contribution in [2.45, 2.75) is 24.8 Å². The van der Waals surface area contributed by atoms with Gasteiger partial charge in [0, 0.05) is 23.9 Å². The second kappa shape index (κ2) is 9.78. The number of benzene rings is 3. The number of hydrogen-bond donors (Lipinski definition) is 3. The molecule has 3 rings (SSSR count). The maximum Gasteiger partial charge on any atom is 0.261 e. The minimum Gasteiger partial charge on any atom is -0.346 e. The largest absolute Gasteiger partial charge is 0.346 e. The molecule has 2 amide bonds. The van der Waals surface area contributed by atoms with E-state index in [2.05, 4.69) is 15.4 Å². The van der Waals surface area contributed by atoms with Crippen molar-refractivity contribution in [3.05, 3.63) is 89.5 Å². The molecule has 7 nitrogen and oxygen atoms in total. The average molecular weight is 474 g/mol. The van der Waals surface area contributed by atoms with Gasteiger partial charge in [0.05, 0.1) is 10.9 Å². The first-order chi connectivity index (χ1) is 15.5. The maximum absolute atomic E-state index is 13.4. The fourth-order valence-electron chi connectivity index (χ4n) is 3.00. The molecule has 0 aliphatic rings. The zero-order chi connectivity index (χ0) is 24.2.